The van der Waals surface area contributed by atoms with Gasteiger partial charge in [0.05, 0.1) is 12.3 Å². The van der Waals surface area contributed by atoms with Gasteiger partial charge in [-0.15, -0.1) is 0 Å². The second-order valence-electron chi connectivity index (χ2n) is 4.66. The lowest BCUT2D eigenvalue weighted by molar-refractivity contribution is 0.340. The molecule has 1 aromatic heterocycles. The van der Waals surface area contributed by atoms with Crippen molar-refractivity contribution in [1.82, 2.24) is 4.98 Å². The van der Waals surface area contributed by atoms with Crippen LogP contribution in [0.5, 0.6) is 5.75 Å². The summed E-state index contributed by atoms with van der Waals surface area (Å²) in [6, 6.07) is 11.4. The molecule has 21 heavy (non-hydrogen) atoms. The van der Waals surface area contributed by atoms with Gasteiger partial charge in [-0.05, 0) is 37.6 Å². The molecule has 110 valence electrons. The fourth-order valence-corrected chi connectivity index (χ4v) is 2.05. The zero-order valence-electron chi connectivity index (χ0n) is 12.5. The minimum atomic E-state index is 0.447. The largest absolute Gasteiger partial charge is 0.494 e. The quantitative estimate of drug-likeness (QED) is 0.761. The van der Waals surface area contributed by atoms with Crippen LogP contribution in [0.1, 0.15) is 31.4 Å². The van der Waals surface area contributed by atoms with Crippen molar-refractivity contribution in [2.75, 3.05) is 18.5 Å². The first-order chi connectivity index (χ1) is 10.3. The molecule has 1 heterocycles. The molecule has 0 aliphatic heterocycles. The molecule has 4 heteroatoms. The maximum atomic E-state index is 8.44. The van der Waals surface area contributed by atoms with Gasteiger partial charge in [-0.2, -0.15) is 0 Å². The third-order valence-electron chi connectivity index (χ3n) is 3.05. The van der Waals surface area contributed by atoms with Crippen LogP contribution in [0.3, 0.4) is 0 Å². The lowest BCUT2D eigenvalue weighted by Crippen LogP contribution is -2.10. The van der Waals surface area contributed by atoms with Crippen LogP contribution in [0, 0.1) is 5.41 Å². The Labute approximate surface area is 125 Å². The molecule has 0 saturated heterocycles. The zero-order valence-corrected chi connectivity index (χ0v) is 12.5. The van der Waals surface area contributed by atoms with Crippen LogP contribution >= 0.6 is 0 Å². The van der Waals surface area contributed by atoms with E-state index in [1.807, 2.05) is 43.3 Å². The van der Waals surface area contributed by atoms with Gasteiger partial charge in [0, 0.05) is 23.9 Å². The maximum absolute atomic E-state index is 8.44. The van der Waals surface area contributed by atoms with E-state index >= 15 is 0 Å². The van der Waals surface area contributed by atoms with Crippen LogP contribution in [0.25, 0.3) is 0 Å². The number of aromatic nitrogens is 1. The van der Waals surface area contributed by atoms with Crippen molar-refractivity contribution in [2.45, 2.75) is 20.3 Å². The average Bonchev–Trinajstić information content (AvgIpc) is 2.53. The molecular formula is C17H21N3O. The lowest BCUT2D eigenvalue weighted by atomic mass is 10.0. The number of benzene rings is 1. The van der Waals surface area contributed by atoms with E-state index in [0.717, 1.165) is 35.7 Å². The highest BCUT2D eigenvalue weighted by Gasteiger charge is 2.11. The topological polar surface area (TPSA) is 58.0 Å². The number of pyridine rings is 1. The molecule has 2 aromatic rings. The molecule has 0 saturated carbocycles. The van der Waals surface area contributed by atoms with E-state index in [1.54, 1.807) is 6.20 Å². The molecule has 0 unspecified atom stereocenters. The molecular weight excluding hydrogens is 262 g/mol. The molecule has 0 bridgehead atoms. The summed E-state index contributed by atoms with van der Waals surface area (Å²) in [5.74, 6) is 1.54. The highest BCUT2D eigenvalue weighted by Crippen LogP contribution is 2.20. The van der Waals surface area contributed by atoms with Gasteiger partial charge < -0.3 is 10.1 Å². The first-order valence-electron chi connectivity index (χ1n) is 7.27. The molecule has 0 aliphatic carbocycles. The monoisotopic (exact) mass is 283 g/mol. The predicted molar refractivity (Wildman–Crippen MR) is 86.6 cm³/mol. The van der Waals surface area contributed by atoms with E-state index in [-0.39, 0.29) is 0 Å². The molecule has 2 N–H and O–H groups in total. The SMILES string of the molecule is CCCNc1ncccc1C(=N)c1cccc(OCC)c1. The van der Waals surface area contributed by atoms with Gasteiger partial charge in [-0.25, -0.2) is 4.98 Å². The van der Waals surface area contributed by atoms with Gasteiger partial charge in [0.2, 0.25) is 0 Å². The van der Waals surface area contributed by atoms with Crippen molar-refractivity contribution in [1.29, 1.82) is 5.41 Å². The average molecular weight is 283 g/mol. The summed E-state index contributed by atoms with van der Waals surface area (Å²) in [4.78, 5) is 4.34. The third kappa shape index (κ3) is 3.81. The molecule has 2 rings (SSSR count). The lowest BCUT2D eigenvalue weighted by Gasteiger charge is -2.12. The fourth-order valence-electron chi connectivity index (χ4n) is 2.05. The molecule has 0 amide bonds. The number of hydrogen-bond donors (Lipinski definition) is 2. The molecule has 0 radical (unpaired) electrons. The number of nitrogens with one attached hydrogen (secondary N) is 2. The predicted octanol–water partition coefficient (Wildman–Crippen LogP) is 3.72. The Kier molecular flexibility index (Phi) is 5.32. The number of rotatable bonds is 7. The van der Waals surface area contributed by atoms with E-state index in [9.17, 15) is 0 Å². The van der Waals surface area contributed by atoms with Crippen molar-refractivity contribution < 1.29 is 4.74 Å². The standard InChI is InChI=1S/C17H21N3O/c1-3-10-19-17-15(9-6-11-20-17)16(18)13-7-5-8-14(12-13)21-4-2/h5-9,11-12,18H,3-4,10H2,1-2H3,(H,19,20). The fraction of sp³-hybridized carbons (Fsp3) is 0.294. The van der Waals surface area contributed by atoms with Gasteiger partial charge in [0.25, 0.3) is 0 Å². The Morgan fingerprint density at radius 1 is 1.24 bits per heavy atom. The Morgan fingerprint density at radius 2 is 2.10 bits per heavy atom. The second-order valence-corrected chi connectivity index (χ2v) is 4.66. The van der Waals surface area contributed by atoms with Crippen LogP contribution in [0.15, 0.2) is 42.6 Å². The van der Waals surface area contributed by atoms with E-state index in [1.165, 1.54) is 0 Å². The number of ether oxygens (including phenoxy) is 1. The first-order valence-corrected chi connectivity index (χ1v) is 7.27. The Bertz CT molecular complexity index is 610. The van der Waals surface area contributed by atoms with Crippen molar-refractivity contribution in [3.63, 3.8) is 0 Å². The minimum absolute atomic E-state index is 0.447. The molecule has 0 aliphatic rings. The van der Waals surface area contributed by atoms with E-state index in [2.05, 4.69) is 17.2 Å². The minimum Gasteiger partial charge on any atom is -0.494 e. The van der Waals surface area contributed by atoms with Crippen LogP contribution in [-0.4, -0.2) is 23.8 Å². The summed E-state index contributed by atoms with van der Waals surface area (Å²) in [6.45, 7) is 5.52. The number of anilines is 1. The molecule has 0 spiro atoms. The van der Waals surface area contributed by atoms with E-state index in [0.29, 0.717) is 12.3 Å². The number of hydrogen-bond acceptors (Lipinski definition) is 4. The third-order valence-corrected chi connectivity index (χ3v) is 3.05. The first kappa shape index (κ1) is 15.0. The van der Waals surface area contributed by atoms with Gasteiger partial charge in [-0.1, -0.05) is 19.1 Å². The normalized spacial score (nSPS) is 10.2. The molecule has 0 atom stereocenters. The van der Waals surface area contributed by atoms with Crippen molar-refractivity contribution in [3.05, 3.63) is 53.7 Å². The second kappa shape index (κ2) is 7.43. The Morgan fingerprint density at radius 3 is 2.86 bits per heavy atom. The van der Waals surface area contributed by atoms with E-state index < -0.39 is 0 Å². The summed E-state index contributed by atoms with van der Waals surface area (Å²) in [6.07, 6.45) is 2.76. The van der Waals surface area contributed by atoms with Crippen LogP contribution in [0.2, 0.25) is 0 Å². The maximum Gasteiger partial charge on any atom is 0.135 e. The summed E-state index contributed by atoms with van der Waals surface area (Å²) in [7, 11) is 0. The van der Waals surface area contributed by atoms with Crippen LogP contribution < -0.4 is 10.1 Å². The van der Waals surface area contributed by atoms with Gasteiger partial charge in [0.15, 0.2) is 0 Å². The smallest absolute Gasteiger partial charge is 0.135 e. The van der Waals surface area contributed by atoms with Crippen LogP contribution in [0.4, 0.5) is 5.82 Å². The zero-order chi connectivity index (χ0) is 15.1. The summed E-state index contributed by atoms with van der Waals surface area (Å²) in [5.41, 5.74) is 2.08. The number of nitrogens with zero attached hydrogens (tertiary/aromatic N) is 1. The summed E-state index contributed by atoms with van der Waals surface area (Å²) < 4.78 is 5.50. The summed E-state index contributed by atoms with van der Waals surface area (Å²) >= 11 is 0. The molecule has 0 fully saturated rings. The Balaban J connectivity index is 2.29. The van der Waals surface area contributed by atoms with Crippen LogP contribution in [-0.2, 0) is 0 Å². The highest BCUT2D eigenvalue weighted by molar-refractivity contribution is 6.13. The van der Waals surface area contributed by atoms with Gasteiger partial charge >= 0.3 is 0 Å². The van der Waals surface area contributed by atoms with Gasteiger partial charge in [-0.3, -0.25) is 5.41 Å². The van der Waals surface area contributed by atoms with Crippen molar-refractivity contribution in [2.24, 2.45) is 0 Å². The van der Waals surface area contributed by atoms with Gasteiger partial charge in [0.1, 0.15) is 11.6 Å². The van der Waals surface area contributed by atoms with E-state index in [4.69, 9.17) is 10.1 Å². The van der Waals surface area contributed by atoms with Crippen molar-refractivity contribution in [3.8, 4) is 5.75 Å². The highest BCUT2D eigenvalue weighted by atomic mass is 16.5. The molecule has 4 nitrogen and oxygen atoms in total. The molecule has 1 aromatic carbocycles. The van der Waals surface area contributed by atoms with Crippen molar-refractivity contribution >= 4 is 11.5 Å². The summed E-state index contributed by atoms with van der Waals surface area (Å²) in [5, 5.41) is 11.7. The Hall–Kier alpha value is -2.36.